The first-order valence-electron chi connectivity index (χ1n) is 6.50. The van der Waals surface area contributed by atoms with E-state index in [-0.39, 0.29) is 17.7 Å². The summed E-state index contributed by atoms with van der Waals surface area (Å²) in [5.74, 6) is -0.213. The summed E-state index contributed by atoms with van der Waals surface area (Å²) in [6, 6.07) is 10.4. The minimum absolute atomic E-state index is 0.0313. The van der Waals surface area contributed by atoms with Gasteiger partial charge in [-0.05, 0) is 31.2 Å². The van der Waals surface area contributed by atoms with Gasteiger partial charge in [-0.15, -0.1) is 0 Å². The van der Waals surface area contributed by atoms with Crippen LogP contribution in [0.2, 0.25) is 0 Å². The number of nitrogens with zero attached hydrogens (tertiary/aromatic N) is 2. The molecule has 21 heavy (non-hydrogen) atoms. The van der Waals surface area contributed by atoms with E-state index >= 15 is 0 Å². The second-order valence-corrected chi connectivity index (χ2v) is 5.60. The highest BCUT2D eigenvalue weighted by Gasteiger charge is 2.15. The van der Waals surface area contributed by atoms with Crippen LogP contribution in [0.1, 0.15) is 30.2 Å². The Morgan fingerprint density at radius 1 is 1.10 bits per heavy atom. The van der Waals surface area contributed by atoms with E-state index in [1.165, 1.54) is 6.92 Å². The molecule has 1 aromatic heterocycles. The van der Waals surface area contributed by atoms with Crippen LogP contribution in [0.3, 0.4) is 0 Å². The van der Waals surface area contributed by atoms with Crippen LogP contribution >= 0.6 is 15.9 Å². The molecule has 2 aromatic rings. The van der Waals surface area contributed by atoms with Gasteiger partial charge in [0.25, 0.3) is 0 Å². The maximum atomic E-state index is 12.4. The van der Waals surface area contributed by atoms with E-state index in [4.69, 9.17) is 0 Å². The molecule has 0 aliphatic heterocycles. The summed E-state index contributed by atoms with van der Waals surface area (Å²) in [4.78, 5) is 27.2. The highest BCUT2D eigenvalue weighted by Crippen LogP contribution is 2.16. The monoisotopic (exact) mass is 346 g/mol. The largest absolute Gasteiger partial charge is 0.344 e. The second-order valence-electron chi connectivity index (χ2n) is 4.68. The SMILES string of the molecule is CC(=O)N=c1ccn([C@@H](C)C(=O)c2ccc(Br)cc2)cc1. The van der Waals surface area contributed by atoms with Crippen molar-refractivity contribution in [1.82, 2.24) is 4.57 Å². The first-order chi connectivity index (χ1) is 9.97. The molecule has 0 fully saturated rings. The molecular formula is C16H15BrN2O2. The summed E-state index contributed by atoms with van der Waals surface area (Å²) >= 11 is 3.35. The first kappa shape index (κ1) is 15.4. The van der Waals surface area contributed by atoms with Gasteiger partial charge in [0, 0.05) is 29.4 Å². The van der Waals surface area contributed by atoms with Crippen molar-refractivity contribution in [2.45, 2.75) is 19.9 Å². The van der Waals surface area contributed by atoms with E-state index in [1.807, 2.05) is 19.1 Å². The molecule has 2 rings (SSSR count). The molecule has 1 atom stereocenters. The summed E-state index contributed by atoms with van der Waals surface area (Å²) in [6.07, 6.45) is 3.51. The van der Waals surface area contributed by atoms with Crippen molar-refractivity contribution in [2.75, 3.05) is 0 Å². The lowest BCUT2D eigenvalue weighted by Gasteiger charge is -2.14. The molecule has 0 N–H and O–H groups in total. The summed E-state index contributed by atoms with van der Waals surface area (Å²) < 4.78 is 2.73. The van der Waals surface area contributed by atoms with Crippen molar-refractivity contribution in [3.05, 3.63) is 64.2 Å². The van der Waals surface area contributed by atoms with Gasteiger partial charge in [-0.3, -0.25) is 9.59 Å². The Kier molecular flexibility index (Phi) is 4.85. The smallest absolute Gasteiger partial charge is 0.243 e. The second kappa shape index (κ2) is 6.63. The molecule has 0 spiro atoms. The number of carbonyl (C=O) groups excluding carboxylic acids is 2. The van der Waals surface area contributed by atoms with Crippen molar-refractivity contribution >= 4 is 27.6 Å². The molecule has 0 aliphatic carbocycles. The van der Waals surface area contributed by atoms with Gasteiger partial charge < -0.3 is 4.57 Å². The lowest BCUT2D eigenvalue weighted by Crippen LogP contribution is -2.18. The summed E-state index contributed by atoms with van der Waals surface area (Å²) in [5.41, 5.74) is 0.663. The van der Waals surface area contributed by atoms with Crippen molar-refractivity contribution < 1.29 is 9.59 Å². The molecule has 5 heteroatoms. The Bertz CT molecular complexity index is 712. The van der Waals surface area contributed by atoms with Gasteiger partial charge >= 0.3 is 0 Å². The number of rotatable bonds is 3. The Morgan fingerprint density at radius 2 is 1.67 bits per heavy atom. The molecular weight excluding hydrogens is 332 g/mol. The molecule has 1 heterocycles. The topological polar surface area (TPSA) is 51.4 Å². The Morgan fingerprint density at radius 3 is 2.19 bits per heavy atom. The lowest BCUT2D eigenvalue weighted by atomic mass is 10.1. The van der Waals surface area contributed by atoms with Crippen LogP contribution in [-0.4, -0.2) is 16.3 Å². The third kappa shape index (κ3) is 3.98. The van der Waals surface area contributed by atoms with E-state index in [2.05, 4.69) is 20.9 Å². The molecule has 0 radical (unpaired) electrons. The number of halogens is 1. The third-order valence-electron chi connectivity index (χ3n) is 3.08. The number of aromatic nitrogens is 1. The van der Waals surface area contributed by atoms with E-state index in [0.29, 0.717) is 10.9 Å². The molecule has 0 unspecified atom stereocenters. The summed E-state index contributed by atoms with van der Waals surface area (Å²) in [5, 5.41) is 0.585. The number of pyridine rings is 1. The maximum absolute atomic E-state index is 12.4. The molecule has 0 saturated heterocycles. The van der Waals surface area contributed by atoms with Crippen molar-refractivity contribution in [1.29, 1.82) is 0 Å². The maximum Gasteiger partial charge on any atom is 0.243 e. The van der Waals surface area contributed by atoms with Gasteiger partial charge in [0.05, 0.1) is 11.4 Å². The van der Waals surface area contributed by atoms with Gasteiger partial charge in [0.15, 0.2) is 5.78 Å². The molecule has 1 amide bonds. The van der Waals surface area contributed by atoms with E-state index < -0.39 is 0 Å². The normalized spacial score (nSPS) is 11.8. The van der Waals surface area contributed by atoms with Crippen molar-refractivity contribution in [3.8, 4) is 0 Å². The number of amides is 1. The molecule has 0 aliphatic rings. The van der Waals surface area contributed by atoms with Gasteiger partial charge in [0.2, 0.25) is 5.91 Å². The minimum Gasteiger partial charge on any atom is -0.344 e. The van der Waals surface area contributed by atoms with Gasteiger partial charge in [0.1, 0.15) is 0 Å². The lowest BCUT2D eigenvalue weighted by molar-refractivity contribution is -0.116. The van der Waals surface area contributed by atoms with Crippen LogP contribution < -0.4 is 5.36 Å². The first-order valence-corrected chi connectivity index (χ1v) is 7.29. The van der Waals surface area contributed by atoms with Gasteiger partial charge in [-0.2, -0.15) is 0 Å². The van der Waals surface area contributed by atoms with E-state index in [0.717, 1.165) is 4.47 Å². The average molecular weight is 347 g/mol. The molecule has 0 saturated carbocycles. The average Bonchev–Trinajstić information content (AvgIpc) is 2.47. The van der Waals surface area contributed by atoms with E-state index in [9.17, 15) is 9.59 Å². The highest BCUT2D eigenvalue weighted by atomic mass is 79.9. The van der Waals surface area contributed by atoms with E-state index in [1.54, 1.807) is 41.2 Å². The highest BCUT2D eigenvalue weighted by molar-refractivity contribution is 9.10. The molecule has 1 aromatic carbocycles. The molecule has 4 nitrogen and oxygen atoms in total. The van der Waals surface area contributed by atoms with Crippen LogP contribution in [0.4, 0.5) is 0 Å². The van der Waals surface area contributed by atoms with Crippen LogP contribution in [0.5, 0.6) is 0 Å². The standard InChI is InChI=1S/C16H15BrN2O2/c1-11(16(21)13-3-5-14(17)6-4-13)19-9-7-15(8-10-19)18-12(2)20/h3-11H,1-2H3/t11-/m0/s1. The van der Waals surface area contributed by atoms with Crippen molar-refractivity contribution in [2.24, 2.45) is 4.99 Å². The number of hydrogen-bond acceptors (Lipinski definition) is 2. The molecule has 0 bridgehead atoms. The fraction of sp³-hybridized carbons (Fsp3) is 0.188. The van der Waals surface area contributed by atoms with Crippen LogP contribution in [-0.2, 0) is 4.79 Å². The fourth-order valence-electron chi connectivity index (χ4n) is 1.94. The van der Waals surface area contributed by atoms with Gasteiger partial charge in [-0.25, -0.2) is 4.99 Å². The zero-order valence-corrected chi connectivity index (χ0v) is 13.4. The fourth-order valence-corrected chi connectivity index (χ4v) is 2.20. The zero-order valence-electron chi connectivity index (χ0n) is 11.8. The quantitative estimate of drug-likeness (QED) is 0.801. The number of carbonyl (C=O) groups is 2. The zero-order chi connectivity index (χ0) is 15.4. The number of hydrogen-bond donors (Lipinski definition) is 0. The van der Waals surface area contributed by atoms with Gasteiger partial charge in [-0.1, -0.05) is 28.1 Å². The number of benzene rings is 1. The Labute approximate surface area is 131 Å². The Hall–Kier alpha value is -2.01. The Balaban J connectivity index is 2.23. The predicted molar refractivity (Wildman–Crippen MR) is 83.9 cm³/mol. The molecule has 108 valence electrons. The summed E-state index contributed by atoms with van der Waals surface area (Å²) in [6.45, 7) is 3.24. The minimum atomic E-state index is -0.322. The number of ketones is 1. The van der Waals surface area contributed by atoms with Crippen LogP contribution in [0.25, 0.3) is 0 Å². The third-order valence-corrected chi connectivity index (χ3v) is 3.61. The van der Waals surface area contributed by atoms with Crippen LogP contribution in [0, 0.1) is 0 Å². The predicted octanol–water partition coefficient (Wildman–Crippen LogP) is 3.14. The summed E-state index contributed by atoms with van der Waals surface area (Å²) in [7, 11) is 0. The van der Waals surface area contributed by atoms with Crippen molar-refractivity contribution in [3.63, 3.8) is 0 Å². The number of Topliss-reactive ketones (excluding diaryl/α,β-unsaturated/α-hetero) is 1. The van der Waals surface area contributed by atoms with Crippen LogP contribution in [0.15, 0.2) is 58.3 Å².